The van der Waals surface area contributed by atoms with Gasteiger partial charge in [0.2, 0.25) is 0 Å². The van der Waals surface area contributed by atoms with Gasteiger partial charge >= 0.3 is 5.97 Å². The highest BCUT2D eigenvalue weighted by atomic mass is 32.1. The number of anilines is 1. The number of aryl methyl sites for hydroxylation is 1. The fourth-order valence-corrected chi connectivity index (χ4v) is 5.25. The molecule has 5 nitrogen and oxygen atoms in total. The summed E-state index contributed by atoms with van der Waals surface area (Å²) < 4.78 is 5.53. The van der Waals surface area contributed by atoms with Crippen molar-refractivity contribution in [3.05, 3.63) is 51.7 Å². The molecule has 0 N–H and O–H groups in total. The predicted octanol–water partition coefficient (Wildman–Crippen LogP) is 3.77. The minimum absolute atomic E-state index is 0.110. The zero-order valence-electron chi connectivity index (χ0n) is 17.1. The van der Waals surface area contributed by atoms with E-state index in [4.69, 9.17) is 4.74 Å². The Morgan fingerprint density at radius 3 is 2.59 bits per heavy atom. The number of piperazine rings is 1. The highest BCUT2D eigenvalue weighted by Gasteiger charge is 2.29. The zero-order valence-corrected chi connectivity index (χ0v) is 17.9. The highest BCUT2D eigenvalue weighted by molar-refractivity contribution is 7.14. The van der Waals surface area contributed by atoms with E-state index in [9.17, 15) is 9.59 Å². The molecule has 29 heavy (non-hydrogen) atoms. The summed E-state index contributed by atoms with van der Waals surface area (Å²) in [6.07, 6.45) is 2.48. The summed E-state index contributed by atoms with van der Waals surface area (Å²) in [5.41, 5.74) is 2.45. The van der Waals surface area contributed by atoms with Crippen LogP contribution in [0.25, 0.3) is 0 Å². The molecule has 154 valence electrons. The van der Waals surface area contributed by atoms with Gasteiger partial charge in [0.25, 0.3) is 5.91 Å². The number of hydrogen-bond donors (Lipinski definition) is 0. The van der Waals surface area contributed by atoms with Gasteiger partial charge in [-0.1, -0.05) is 25.1 Å². The summed E-state index contributed by atoms with van der Waals surface area (Å²) in [5.74, 6) is 0.179. The van der Waals surface area contributed by atoms with Gasteiger partial charge in [0.15, 0.2) is 6.10 Å². The Bertz CT molecular complexity index is 872. The fourth-order valence-electron chi connectivity index (χ4n) is 4.16. The number of carbonyl (C=O) groups excluding carboxylic acids is 2. The normalized spacial score (nSPS) is 20.1. The average Bonchev–Trinajstić information content (AvgIpc) is 3.17. The second-order valence-corrected chi connectivity index (χ2v) is 9.24. The molecule has 4 rings (SSSR count). The number of fused-ring (bicyclic) bond motifs is 1. The molecule has 2 aromatic rings. The van der Waals surface area contributed by atoms with Gasteiger partial charge in [-0.05, 0) is 55.9 Å². The summed E-state index contributed by atoms with van der Waals surface area (Å²) in [6, 6.07) is 12.2. The maximum atomic E-state index is 12.8. The largest absolute Gasteiger partial charge is 0.448 e. The number of amides is 1. The molecule has 1 aromatic heterocycles. The van der Waals surface area contributed by atoms with Crippen LogP contribution in [0.15, 0.2) is 36.4 Å². The second kappa shape index (κ2) is 8.57. The average molecular weight is 413 g/mol. The SMILES string of the molecule is C[C@H]1CCc2sc(C(=O)O[C@@H](C)C(=O)N3CCN(c4ccccc4)CC3)cc2C1. The van der Waals surface area contributed by atoms with E-state index in [2.05, 4.69) is 24.0 Å². The van der Waals surface area contributed by atoms with Gasteiger partial charge < -0.3 is 14.5 Å². The lowest BCUT2D eigenvalue weighted by atomic mass is 9.90. The first-order valence-corrected chi connectivity index (χ1v) is 11.2. The third-order valence-electron chi connectivity index (χ3n) is 5.87. The topological polar surface area (TPSA) is 49.9 Å². The number of thiophene rings is 1. The number of benzene rings is 1. The van der Waals surface area contributed by atoms with E-state index in [1.807, 2.05) is 24.3 Å². The van der Waals surface area contributed by atoms with Crippen LogP contribution < -0.4 is 4.90 Å². The maximum Gasteiger partial charge on any atom is 0.349 e. The van der Waals surface area contributed by atoms with Crippen molar-refractivity contribution in [2.24, 2.45) is 5.92 Å². The zero-order chi connectivity index (χ0) is 20.4. The van der Waals surface area contributed by atoms with Crippen molar-refractivity contribution in [2.75, 3.05) is 31.1 Å². The van der Waals surface area contributed by atoms with Crippen molar-refractivity contribution < 1.29 is 14.3 Å². The van der Waals surface area contributed by atoms with Crippen molar-refractivity contribution in [2.45, 2.75) is 39.2 Å². The van der Waals surface area contributed by atoms with Crippen LogP contribution in [0.5, 0.6) is 0 Å². The number of esters is 1. The lowest BCUT2D eigenvalue weighted by molar-refractivity contribution is -0.140. The molecule has 0 radical (unpaired) electrons. The molecule has 1 aromatic carbocycles. The molecule has 2 heterocycles. The van der Waals surface area contributed by atoms with Crippen LogP contribution >= 0.6 is 11.3 Å². The van der Waals surface area contributed by atoms with Gasteiger partial charge in [0.05, 0.1) is 0 Å². The van der Waals surface area contributed by atoms with Crippen LogP contribution in [0, 0.1) is 5.92 Å². The number of rotatable bonds is 4. The predicted molar refractivity (Wildman–Crippen MR) is 116 cm³/mol. The molecule has 1 amide bonds. The summed E-state index contributed by atoms with van der Waals surface area (Å²) >= 11 is 1.53. The van der Waals surface area contributed by atoms with Crippen LogP contribution in [-0.2, 0) is 22.4 Å². The van der Waals surface area contributed by atoms with Gasteiger partial charge in [-0.3, -0.25) is 4.79 Å². The molecule has 1 aliphatic carbocycles. The van der Waals surface area contributed by atoms with Crippen molar-refractivity contribution in [3.63, 3.8) is 0 Å². The van der Waals surface area contributed by atoms with Crippen LogP contribution in [0.3, 0.4) is 0 Å². The first-order valence-electron chi connectivity index (χ1n) is 10.4. The summed E-state index contributed by atoms with van der Waals surface area (Å²) in [5, 5.41) is 0. The van der Waals surface area contributed by atoms with Crippen molar-refractivity contribution in [1.29, 1.82) is 0 Å². The third kappa shape index (κ3) is 4.47. The van der Waals surface area contributed by atoms with Crippen LogP contribution in [0.4, 0.5) is 5.69 Å². The Balaban J connectivity index is 1.31. The molecule has 6 heteroatoms. The molecule has 1 aliphatic heterocycles. The Morgan fingerprint density at radius 2 is 1.86 bits per heavy atom. The monoisotopic (exact) mass is 412 g/mol. The summed E-state index contributed by atoms with van der Waals surface area (Å²) in [4.78, 5) is 31.4. The van der Waals surface area contributed by atoms with Crippen LogP contribution in [0.2, 0.25) is 0 Å². The second-order valence-electron chi connectivity index (χ2n) is 8.10. The minimum Gasteiger partial charge on any atom is -0.448 e. The highest BCUT2D eigenvalue weighted by Crippen LogP contribution is 2.32. The number of nitrogens with zero attached hydrogens (tertiary/aromatic N) is 2. The minimum atomic E-state index is -0.760. The van der Waals surface area contributed by atoms with Crippen molar-refractivity contribution in [3.8, 4) is 0 Å². The van der Waals surface area contributed by atoms with E-state index in [0.29, 0.717) is 23.9 Å². The molecular weight excluding hydrogens is 384 g/mol. The molecular formula is C23H28N2O3S. The summed E-state index contributed by atoms with van der Waals surface area (Å²) in [7, 11) is 0. The Hall–Kier alpha value is -2.34. The first kappa shape index (κ1) is 20.0. The molecule has 0 bridgehead atoms. The van der Waals surface area contributed by atoms with Gasteiger partial charge in [-0.15, -0.1) is 11.3 Å². The van der Waals surface area contributed by atoms with E-state index in [1.54, 1.807) is 11.8 Å². The molecule has 0 spiro atoms. The molecule has 2 atom stereocenters. The van der Waals surface area contributed by atoms with E-state index in [1.165, 1.54) is 33.9 Å². The number of hydrogen-bond acceptors (Lipinski definition) is 5. The third-order valence-corrected chi connectivity index (χ3v) is 7.09. The van der Waals surface area contributed by atoms with Gasteiger partial charge in [-0.25, -0.2) is 4.79 Å². The van der Waals surface area contributed by atoms with Gasteiger partial charge in [0.1, 0.15) is 4.88 Å². The Labute approximate surface area is 176 Å². The summed E-state index contributed by atoms with van der Waals surface area (Å²) in [6.45, 7) is 6.77. The molecule has 2 aliphatic rings. The lowest BCUT2D eigenvalue weighted by Crippen LogP contribution is -2.51. The van der Waals surface area contributed by atoms with Crippen LogP contribution in [0.1, 0.15) is 40.4 Å². The first-order chi connectivity index (χ1) is 14.0. The smallest absolute Gasteiger partial charge is 0.349 e. The lowest BCUT2D eigenvalue weighted by Gasteiger charge is -2.37. The number of para-hydroxylation sites is 1. The standard InChI is InChI=1S/C23H28N2O3S/c1-16-8-9-20-18(14-16)15-21(29-20)23(27)28-17(2)22(26)25-12-10-24(11-13-25)19-6-4-3-5-7-19/h3-7,15-17H,8-14H2,1-2H3/t16-,17-/m0/s1. The number of ether oxygens (including phenoxy) is 1. The van der Waals surface area contributed by atoms with Gasteiger partial charge in [0, 0.05) is 36.7 Å². The van der Waals surface area contributed by atoms with E-state index >= 15 is 0 Å². The Kier molecular flexibility index (Phi) is 5.90. The van der Waals surface area contributed by atoms with Crippen molar-refractivity contribution in [1.82, 2.24) is 4.90 Å². The molecule has 0 unspecified atom stereocenters. The Morgan fingerprint density at radius 1 is 1.14 bits per heavy atom. The van der Waals surface area contributed by atoms with E-state index in [-0.39, 0.29) is 11.9 Å². The number of carbonyl (C=O) groups is 2. The molecule has 0 saturated carbocycles. The van der Waals surface area contributed by atoms with Gasteiger partial charge in [-0.2, -0.15) is 0 Å². The van der Waals surface area contributed by atoms with E-state index < -0.39 is 6.10 Å². The van der Waals surface area contributed by atoms with Crippen molar-refractivity contribution >= 4 is 28.9 Å². The van der Waals surface area contributed by atoms with E-state index in [0.717, 1.165) is 25.9 Å². The molecule has 1 saturated heterocycles. The maximum absolute atomic E-state index is 12.8. The van der Waals surface area contributed by atoms with Crippen LogP contribution in [-0.4, -0.2) is 49.1 Å². The molecule has 1 fully saturated rings. The fraction of sp³-hybridized carbons (Fsp3) is 0.478. The quantitative estimate of drug-likeness (QED) is 0.718.